The maximum atomic E-state index is 12.9. The number of rotatable bonds is 4. The Balaban J connectivity index is 1.26. The van der Waals surface area contributed by atoms with E-state index in [1.54, 1.807) is 18.2 Å². The van der Waals surface area contributed by atoms with Crippen molar-refractivity contribution in [3.8, 4) is 0 Å². The molecule has 0 unspecified atom stereocenters. The Hall–Kier alpha value is -2.14. The van der Waals surface area contributed by atoms with Gasteiger partial charge in [0.2, 0.25) is 17.7 Å². The number of halogens is 1. The second-order valence-electron chi connectivity index (χ2n) is 8.19. The van der Waals surface area contributed by atoms with Gasteiger partial charge in [0.15, 0.2) is 0 Å². The Bertz CT molecular complexity index is 859. The lowest BCUT2D eigenvalue weighted by Crippen LogP contribution is -2.40. The van der Waals surface area contributed by atoms with Gasteiger partial charge >= 0.3 is 0 Å². The van der Waals surface area contributed by atoms with Crippen molar-refractivity contribution in [2.45, 2.75) is 19.8 Å². The zero-order valence-corrected chi connectivity index (χ0v) is 15.8. The second kappa shape index (κ2) is 5.93. The number of carbonyl (C=O) groups is 3. The van der Waals surface area contributed by atoms with E-state index in [1.807, 2.05) is 6.92 Å². The van der Waals surface area contributed by atoms with Crippen LogP contribution < -0.4 is 5.32 Å². The number of hydrogen-bond donors (Lipinski definition) is 1. The summed E-state index contributed by atoms with van der Waals surface area (Å²) < 4.78 is 0. The zero-order chi connectivity index (χ0) is 18.9. The molecule has 27 heavy (non-hydrogen) atoms. The van der Waals surface area contributed by atoms with Crippen LogP contribution in [0.5, 0.6) is 0 Å². The van der Waals surface area contributed by atoms with Gasteiger partial charge in [0.25, 0.3) is 0 Å². The highest BCUT2D eigenvalue weighted by atomic mass is 35.5. The van der Waals surface area contributed by atoms with E-state index in [1.165, 1.54) is 4.90 Å². The topological polar surface area (TPSA) is 66.5 Å². The van der Waals surface area contributed by atoms with Gasteiger partial charge in [-0.3, -0.25) is 19.3 Å². The number of nitrogens with one attached hydrogen (secondary N) is 1. The first-order valence-electron chi connectivity index (χ1n) is 9.56. The van der Waals surface area contributed by atoms with E-state index >= 15 is 0 Å². The van der Waals surface area contributed by atoms with Crippen molar-refractivity contribution in [1.29, 1.82) is 0 Å². The predicted octanol–water partition coefficient (Wildman–Crippen LogP) is 3.03. The van der Waals surface area contributed by atoms with Crippen LogP contribution >= 0.6 is 11.6 Å². The van der Waals surface area contributed by atoms with Crippen molar-refractivity contribution in [2.24, 2.45) is 35.5 Å². The minimum Gasteiger partial charge on any atom is -0.326 e. The summed E-state index contributed by atoms with van der Waals surface area (Å²) in [7, 11) is 0. The summed E-state index contributed by atoms with van der Waals surface area (Å²) in [5, 5.41) is 3.41. The van der Waals surface area contributed by atoms with Crippen molar-refractivity contribution in [3.05, 3.63) is 40.9 Å². The molecule has 1 N–H and O–H groups in total. The monoisotopic (exact) mass is 384 g/mol. The smallest absolute Gasteiger partial charge is 0.233 e. The summed E-state index contributed by atoms with van der Waals surface area (Å²) in [6.45, 7) is 1.98. The largest absolute Gasteiger partial charge is 0.326 e. The van der Waals surface area contributed by atoms with Gasteiger partial charge in [-0.2, -0.15) is 0 Å². The molecule has 0 radical (unpaired) electrons. The fourth-order valence-corrected chi connectivity index (χ4v) is 5.58. The van der Waals surface area contributed by atoms with E-state index in [9.17, 15) is 14.4 Å². The molecule has 1 aliphatic heterocycles. The summed E-state index contributed by atoms with van der Waals surface area (Å²) in [5.74, 6) is 0.828. The SMILES string of the molecule is Cc1c(Cl)cccc1NC(=O)CCN1C(=O)[C@H]2[C@@H]3C=C[C@H]([C@H]4C[C@H]34)[C@@H]2C1=O. The van der Waals surface area contributed by atoms with Gasteiger partial charge in [-0.25, -0.2) is 0 Å². The third-order valence-corrected chi connectivity index (χ3v) is 7.27. The summed E-state index contributed by atoms with van der Waals surface area (Å²) in [6.07, 6.45) is 5.56. The second-order valence-corrected chi connectivity index (χ2v) is 8.60. The molecular formula is C21H21ClN2O3. The van der Waals surface area contributed by atoms with Gasteiger partial charge in [-0.1, -0.05) is 29.8 Å². The number of carbonyl (C=O) groups excluding carboxylic acids is 3. The molecule has 5 nitrogen and oxygen atoms in total. The third-order valence-electron chi connectivity index (χ3n) is 6.86. The molecule has 1 aromatic rings. The van der Waals surface area contributed by atoms with Crippen LogP contribution in [-0.2, 0) is 14.4 Å². The van der Waals surface area contributed by atoms with Gasteiger partial charge in [-0.05, 0) is 54.7 Å². The predicted molar refractivity (Wildman–Crippen MR) is 101 cm³/mol. The van der Waals surface area contributed by atoms with Crippen molar-refractivity contribution >= 4 is 35.0 Å². The molecule has 3 amide bonds. The molecular weight excluding hydrogens is 364 g/mol. The van der Waals surface area contributed by atoms with Gasteiger partial charge in [0.05, 0.1) is 11.8 Å². The van der Waals surface area contributed by atoms with Crippen LogP contribution in [0.1, 0.15) is 18.4 Å². The molecule has 1 aromatic carbocycles. The van der Waals surface area contributed by atoms with Crippen molar-refractivity contribution < 1.29 is 14.4 Å². The Morgan fingerprint density at radius 2 is 1.78 bits per heavy atom. The first-order chi connectivity index (χ1) is 13.0. The first-order valence-corrected chi connectivity index (χ1v) is 9.93. The molecule has 0 aromatic heterocycles. The fourth-order valence-electron chi connectivity index (χ4n) is 5.41. The highest BCUT2D eigenvalue weighted by molar-refractivity contribution is 6.31. The normalized spacial score (nSPS) is 35.3. The summed E-state index contributed by atoms with van der Waals surface area (Å²) in [4.78, 5) is 39.5. The molecule has 1 heterocycles. The molecule has 0 spiro atoms. The van der Waals surface area contributed by atoms with E-state index in [4.69, 9.17) is 11.6 Å². The third kappa shape index (κ3) is 2.48. The number of hydrogen-bond acceptors (Lipinski definition) is 3. The average molecular weight is 385 g/mol. The first kappa shape index (κ1) is 17.0. The van der Waals surface area contributed by atoms with Crippen LogP contribution in [0.2, 0.25) is 5.02 Å². The van der Waals surface area contributed by atoms with Gasteiger partial charge in [0, 0.05) is 23.7 Å². The van der Waals surface area contributed by atoms with Crippen LogP contribution in [-0.4, -0.2) is 29.2 Å². The Kier molecular flexibility index (Phi) is 3.73. The zero-order valence-electron chi connectivity index (χ0n) is 15.0. The molecule has 6 heteroatoms. The van der Waals surface area contributed by atoms with E-state index in [2.05, 4.69) is 17.5 Å². The highest BCUT2D eigenvalue weighted by Gasteiger charge is 2.66. The van der Waals surface area contributed by atoms with Crippen molar-refractivity contribution in [2.75, 3.05) is 11.9 Å². The molecule has 6 atom stereocenters. The van der Waals surface area contributed by atoms with Crippen LogP contribution in [0.25, 0.3) is 0 Å². The number of benzene rings is 1. The van der Waals surface area contributed by atoms with E-state index in [0.29, 0.717) is 22.5 Å². The number of imide groups is 1. The van der Waals surface area contributed by atoms with Gasteiger partial charge < -0.3 is 5.32 Å². The maximum Gasteiger partial charge on any atom is 0.233 e. The molecule has 4 aliphatic carbocycles. The Labute approximate surface area is 162 Å². The number of anilines is 1. The van der Waals surface area contributed by atoms with Crippen LogP contribution in [0, 0.1) is 42.4 Å². The van der Waals surface area contributed by atoms with Crippen LogP contribution in [0.4, 0.5) is 5.69 Å². The number of likely N-dealkylation sites (tertiary alicyclic amines) is 1. The lowest BCUT2D eigenvalue weighted by Gasteiger charge is -2.37. The van der Waals surface area contributed by atoms with E-state index < -0.39 is 0 Å². The molecule has 1 saturated heterocycles. The van der Waals surface area contributed by atoms with Crippen LogP contribution in [0.3, 0.4) is 0 Å². The molecule has 2 bridgehead atoms. The minimum absolute atomic E-state index is 0.0820. The van der Waals surface area contributed by atoms with E-state index in [0.717, 1.165) is 12.0 Å². The molecule has 2 saturated carbocycles. The summed E-state index contributed by atoms with van der Waals surface area (Å²) >= 11 is 6.08. The average Bonchev–Trinajstić information content (AvgIpc) is 3.43. The minimum atomic E-state index is -0.222. The standard InChI is InChI=1S/C21H21ClN2O3/c1-10-15(22)3-2-4-16(10)23-17(25)7-8-24-20(26)18-11-5-6-12(14-9-13(11)14)19(18)21(24)27/h2-6,11-14,18-19H,7-9H2,1H3,(H,23,25)/t11-,12-,13-,14-,18+,19+/m1/s1. The lowest BCUT2D eigenvalue weighted by atomic mass is 9.63. The molecule has 5 aliphatic rings. The molecule has 140 valence electrons. The maximum absolute atomic E-state index is 12.9. The highest BCUT2D eigenvalue weighted by Crippen LogP contribution is 2.65. The van der Waals surface area contributed by atoms with E-state index in [-0.39, 0.29) is 54.4 Å². The molecule has 6 rings (SSSR count). The fraction of sp³-hybridized carbons (Fsp3) is 0.476. The number of nitrogens with zero attached hydrogens (tertiary/aromatic N) is 1. The van der Waals surface area contributed by atoms with Gasteiger partial charge in [0.1, 0.15) is 0 Å². The number of allylic oxidation sites excluding steroid dienone is 2. The Morgan fingerprint density at radius 3 is 2.41 bits per heavy atom. The Morgan fingerprint density at radius 1 is 1.15 bits per heavy atom. The van der Waals surface area contributed by atoms with Crippen molar-refractivity contribution in [3.63, 3.8) is 0 Å². The summed E-state index contributed by atoms with van der Waals surface area (Å²) in [6, 6.07) is 5.33. The van der Waals surface area contributed by atoms with Crippen molar-refractivity contribution in [1.82, 2.24) is 4.90 Å². The summed E-state index contributed by atoms with van der Waals surface area (Å²) in [5.41, 5.74) is 1.45. The van der Waals surface area contributed by atoms with Gasteiger partial charge in [-0.15, -0.1) is 0 Å². The van der Waals surface area contributed by atoms with Crippen LogP contribution in [0.15, 0.2) is 30.4 Å². The molecule has 3 fully saturated rings. The number of amides is 3. The quantitative estimate of drug-likeness (QED) is 0.641. The lowest BCUT2D eigenvalue weighted by molar-refractivity contribution is -0.140.